The highest BCUT2D eigenvalue weighted by atomic mass is 16.5. The maximum Gasteiger partial charge on any atom is 0.306 e. The summed E-state index contributed by atoms with van der Waals surface area (Å²) in [5.74, 6) is 0.121. The van der Waals surface area contributed by atoms with E-state index in [-0.39, 0.29) is 18.0 Å². The van der Waals surface area contributed by atoms with Gasteiger partial charge < -0.3 is 19.7 Å². The number of ether oxygens (including phenoxy) is 2. The third kappa shape index (κ3) is 40.5. The Balaban J connectivity index is 4.34. The number of hydrogen-bond acceptors (Lipinski definition) is 5. The third-order valence-corrected chi connectivity index (χ3v) is 11.2. The molecule has 0 saturated heterocycles. The van der Waals surface area contributed by atoms with Gasteiger partial charge in [-0.1, -0.05) is 188 Å². The van der Waals surface area contributed by atoms with E-state index in [2.05, 4.69) is 31.0 Å². The van der Waals surface area contributed by atoms with E-state index in [4.69, 9.17) is 9.47 Å². The molecule has 0 saturated carbocycles. The van der Waals surface area contributed by atoms with Gasteiger partial charge >= 0.3 is 5.97 Å². The summed E-state index contributed by atoms with van der Waals surface area (Å²) in [4.78, 5) is 27.4. The van der Waals surface area contributed by atoms with E-state index < -0.39 is 0 Å². The molecule has 0 aliphatic carbocycles. The summed E-state index contributed by atoms with van der Waals surface area (Å²) >= 11 is 0. The van der Waals surface area contributed by atoms with Crippen molar-refractivity contribution in [1.82, 2.24) is 10.2 Å². The van der Waals surface area contributed by atoms with Gasteiger partial charge in [0.05, 0.1) is 6.61 Å². The van der Waals surface area contributed by atoms with Crippen molar-refractivity contribution >= 4 is 11.9 Å². The predicted octanol–water partition coefficient (Wildman–Crippen LogP) is 14.1. The van der Waals surface area contributed by atoms with E-state index in [0.29, 0.717) is 19.4 Å². The number of nitrogens with zero attached hydrogens (tertiary/aromatic N) is 1. The molecule has 0 unspecified atom stereocenters. The van der Waals surface area contributed by atoms with Crippen molar-refractivity contribution in [3.8, 4) is 0 Å². The van der Waals surface area contributed by atoms with Crippen molar-refractivity contribution < 1.29 is 19.1 Å². The zero-order chi connectivity index (χ0) is 39.4. The minimum atomic E-state index is 0.0330. The average molecular weight is 765 g/mol. The summed E-state index contributed by atoms with van der Waals surface area (Å²) in [5.41, 5.74) is 0. The largest absolute Gasteiger partial charge is 0.462 e. The highest BCUT2D eigenvalue weighted by Crippen LogP contribution is 2.19. The summed E-state index contributed by atoms with van der Waals surface area (Å²) in [6.45, 7) is 11.4. The number of hydrogen-bond donors (Lipinski definition) is 1. The van der Waals surface area contributed by atoms with Crippen molar-refractivity contribution in [2.75, 3.05) is 39.9 Å². The fourth-order valence-electron chi connectivity index (χ4n) is 7.63. The van der Waals surface area contributed by atoms with Crippen LogP contribution >= 0.6 is 0 Å². The topological polar surface area (TPSA) is 67.9 Å². The molecular weight excluding hydrogens is 669 g/mol. The molecule has 0 aliphatic rings. The van der Waals surface area contributed by atoms with E-state index in [1.807, 2.05) is 0 Å². The molecule has 6 heteroatoms. The monoisotopic (exact) mass is 765 g/mol. The molecule has 1 amide bonds. The Morgan fingerprint density at radius 2 is 0.833 bits per heavy atom. The second kappa shape index (κ2) is 44.6. The van der Waals surface area contributed by atoms with Crippen LogP contribution in [0.15, 0.2) is 0 Å². The molecule has 0 aromatic heterocycles. The van der Waals surface area contributed by atoms with Crippen LogP contribution in [0.5, 0.6) is 0 Å². The first-order valence-corrected chi connectivity index (χ1v) is 24.2. The molecule has 0 aromatic carbocycles. The first-order valence-electron chi connectivity index (χ1n) is 24.2. The van der Waals surface area contributed by atoms with Gasteiger partial charge in [-0.15, -0.1) is 0 Å². The highest BCUT2D eigenvalue weighted by molar-refractivity contribution is 5.75. The van der Waals surface area contributed by atoms with Gasteiger partial charge in [0, 0.05) is 26.5 Å². The Bertz CT molecular complexity index is 747. The lowest BCUT2D eigenvalue weighted by molar-refractivity contribution is -0.150. The summed E-state index contributed by atoms with van der Waals surface area (Å²) < 4.78 is 11.1. The van der Waals surface area contributed by atoms with Crippen LogP contribution in [0.2, 0.25) is 0 Å². The smallest absolute Gasteiger partial charge is 0.306 e. The van der Waals surface area contributed by atoms with Crippen molar-refractivity contribution in [1.29, 1.82) is 0 Å². The molecule has 0 atom stereocenters. The van der Waals surface area contributed by atoms with Crippen LogP contribution in [0.1, 0.15) is 252 Å². The number of rotatable bonds is 45. The maximum atomic E-state index is 12.8. The quantitative estimate of drug-likeness (QED) is 0.0494. The Morgan fingerprint density at radius 3 is 1.26 bits per heavy atom. The zero-order valence-corrected chi connectivity index (χ0v) is 37.1. The lowest BCUT2D eigenvalue weighted by Gasteiger charge is -2.22. The van der Waals surface area contributed by atoms with Gasteiger partial charge in [-0.25, -0.2) is 0 Å². The SMILES string of the molecule is CCCCCCCCCCCCCCCCN(CCCCCCCC(=O)OC(CCCCCCCC)CCCCCCCC)CCCNC(=O)CCOC. The van der Waals surface area contributed by atoms with E-state index in [1.54, 1.807) is 7.11 Å². The molecule has 0 bridgehead atoms. The molecular formula is C48H96N2O4. The molecule has 322 valence electrons. The second-order valence-corrected chi connectivity index (χ2v) is 16.6. The lowest BCUT2D eigenvalue weighted by atomic mass is 10.0. The van der Waals surface area contributed by atoms with Crippen molar-refractivity contribution in [3.63, 3.8) is 0 Å². The molecule has 0 heterocycles. The van der Waals surface area contributed by atoms with Gasteiger partial charge in [-0.2, -0.15) is 0 Å². The number of carbonyl (C=O) groups excluding carboxylic acids is 2. The minimum Gasteiger partial charge on any atom is -0.462 e. The number of carbonyl (C=O) groups is 2. The van der Waals surface area contributed by atoms with Gasteiger partial charge in [0.2, 0.25) is 5.91 Å². The number of amides is 1. The van der Waals surface area contributed by atoms with Crippen LogP contribution in [0, 0.1) is 0 Å². The van der Waals surface area contributed by atoms with Gasteiger partial charge in [0.1, 0.15) is 6.10 Å². The van der Waals surface area contributed by atoms with Gasteiger partial charge in [0.15, 0.2) is 0 Å². The number of nitrogens with one attached hydrogen (secondary N) is 1. The molecule has 54 heavy (non-hydrogen) atoms. The molecule has 1 N–H and O–H groups in total. The lowest BCUT2D eigenvalue weighted by Crippen LogP contribution is -2.31. The Hall–Kier alpha value is -1.14. The van der Waals surface area contributed by atoms with Crippen molar-refractivity contribution in [2.24, 2.45) is 0 Å². The Kier molecular flexibility index (Phi) is 43.6. The standard InChI is InChI=1S/C48H96N2O4/c1-5-8-11-14-17-18-19-20-21-22-23-24-29-34-42-50(44-36-41-49-47(51)40-45-53-4)43-35-30-25-28-33-39-48(52)54-46(37-31-26-15-12-9-6-2)38-32-27-16-13-10-7-3/h46H,5-45H2,1-4H3,(H,49,51). The first-order chi connectivity index (χ1) is 26.6. The summed E-state index contributed by atoms with van der Waals surface area (Å²) in [6, 6.07) is 0. The van der Waals surface area contributed by atoms with Crippen LogP contribution in [-0.4, -0.2) is 62.8 Å². The van der Waals surface area contributed by atoms with Crippen LogP contribution < -0.4 is 5.32 Å². The predicted molar refractivity (Wildman–Crippen MR) is 234 cm³/mol. The van der Waals surface area contributed by atoms with E-state index in [1.165, 1.54) is 193 Å². The number of esters is 1. The van der Waals surface area contributed by atoms with E-state index in [0.717, 1.165) is 51.7 Å². The fraction of sp³-hybridized carbons (Fsp3) is 0.958. The molecule has 0 aromatic rings. The van der Waals surface area contributed by atoms with Crippen LogP contribution in [0.4, 0.5) is 0 Å². The Labute approximate surface area is 338 Å². The van der Waals surface area contributed by atoms with E-state index >= 15 is 0 Å². The highest BCUT2D eigenvalue weighted by Gasteiger charge is 2.14. The van der Waals surface area contributed by atoms with Crippen molar-refractivity contribution in [2.45, 2.75) is 258 Å². The van der Waals surface area contributed by atoms with Crippen LogP contribution in [0.25, 0.3) is 0 Å². The minimum absolute atomic E-state index is 0.0330. The zero-order valence-electron chi connectivity index (χ0n) is 37.1. The normalized spacial score (nSPS) is 11.6. The molecule has 0 radical (unpaired) electrons. The van der Waals surface area contributed by atoms with Crippen LogP contribution in [-0.2, 0) is 19.1 Å². The van der Waals surface area contributed by atoms with E-state index in [9.17, 15) is 9.59 Å². The van der Waals surface area contributed by atoms with Crippen molar-refractivity contribution in [3.05, 3.63) is 0 Å². The van der Waals surface area contributed by atoms with Gasteiger partial charge in [-0.3, -0.25) is 9.59 Å². The maximum absolute atomic E-state index is 12.8. The number of methoxy groups -OCH3 is 1. The molecule has 0 fully saturated rings. The summed E-state index contributed by atoms with van der Waals surface area (Å²) in [5, 5.41) is 3.06. The second-order valence-electron chi connectivity index (χ2n) is 16.6. The van der Waals surface area contributed by atoms with Crippen LogP contribution in [0.3, 0.4) is 0 Å². The van der Waals surface area contributed by atoms with Gasteiger partial charge in [-0.05, 0) is 71.0 Å². The van der Waals surface area contributed by atoms with Gasteiger partial charge in [0.25, 0.3) is 0 Å². The average Bonchev–Trinajstić information content (AvgIpc) is 3.17. The number of unbranched alkanes of at least 4 members (excludes halogenated alkanes) is 27. The molecule has 0 spiro atoms. The fourth-order valence-corrected chi connectivity index (χ4v) is 7.63. The molecule has 6 nitrogen and oxygen atoms in total. The molecule has 0 aliphatic heterocycles. The Morgan fingerprint density at radius 1 is 0.463 bits per heavy atom. The summed E-state index contributed by atoms with van der Waals surface area (Å²) in [6.07, 6.45) is 44.9. The molecule has 0 rings (SSSR count). The third-order valence-electron chi connectivity index (χ3n) is 11.2. The summed E-state index contributed by atoms with van der Waals surface area (Å²) in [7, 11) is 1.64. The first kappa shape index (κ1) is 52.9.